The van der Waals surface area contributed by atoms with Gasteiger partial charge >= 0.3 is 0 Å². The molecule has 0 saturated carbocycles. The van der Waals surface area contributed by atoms with Gasteiger partial charge in [0, 0.05) is 15.7 Å². The number of amides is 1. The van der Waals surface area contributed by atoms with E-state index in [0.717, 1.165) is 11.3 Å². The lowest BCUT2D eigenvalue weighted by atomic mass is 10.0. The summed E-state index contributed by atoms with van der Waals surface area (Å²) in [5.41, 5.74) is 1.66. The molecule has 0 saturated heterocycles. The zero-order valence-corrected chi connectivity index (χ0v) is 11.9. The summed E-state index contributed by atoms with van der Waals surface area (Å²) in [5, 5.41) is 4.15. The second kappa shape index (κ2) is 6.09. The summed E-state index contributed by atoms with van der Waals surface area (Å²) in [6.45, 7) is 1.86. The Labute approximate surface area is 122 Å². The smallest absolute Gasteiger partial charge is 0.231 e. The molecular weight excluding hydrogens is 281 g/mol. The van der Waals surface area contributed by atoms with Gasteiger partial charge in [-0.25, -0.2) is 0 Å². The largest absolute Gasteiger partial charge is 0.326 e. The summed E-state index contributed by atoms with van der Waals surface area (Å²) in [6.07, 6.45) is 0. The summed E-state index contributed by atoms with van der Waals surface area (Å²) in [6, 6.07) is 14.3. The predicted molar refractivity (Wildman–Crippen MR) is 79.9 cm³/mol. The number of anilines is 1. The van der Waals surface area contributed by atoms with E-state index in [2.05, 4.69) is 5.32 Å². The van der Waals surface area contributed by atoms with E-state index in [4.69, 9.17) is 23.2 Å². The SMILES string of the molecule is CC(C(=O)Nc1ccc(Cl)cc1)c1ccc(Cl)cc1. The Morgan fingerprint density at radius 2 is 1.42 bits per heavy atom. The minimum atomic E-state index is -0.243. The Balaban J connectivity index is 2.07. The molecule has 0 aliphatic rings. The molecule has 2 rings (SSSR count). The third kappa shape index (κ3) is 3.72. The lowest BCUT2D eigenvalue weighted by Gasteiger charge is -2.12. The average molecular weight is 294 g/mol. The number of halogens is 2. The predicted octanol–water partition coefficient (Wildman–Crippen LogP) is 4.74. The molecule has 2 nitrogen and oxygen atoms in total. The number of hydrogen-bond acceptors (Lipinski definition) is 1. The Bertz CT molecular complexity index is 564. The zero-order chi connectivity index (χ0) is 13.8. The molecular formula is C15H13Cl2NO. The molecule has 0 aliphatic carbocycles. The Morgan fingerprint density at radius 1 is 0.947 bits per heavy atom. The van der Waals surface area contributed by atoms with Crippen LogP contribution in [0.25, 0.3) is 0 Å². The molecule has 0 aliphatic heterocycles. The van der Waals surface area contributed by atoms with Crippen molar-refractivity contribution in [2.45, 2.75) is 12.8 Å². The van der Waals surface area contributed by atoms with Gasteiger partial charge in [-0.1, -0.05) is 35.3 Å². The first-order valence-corrected chi connectivity index (χ1v) is 6.64. The number of carbonyl (C=O) groups is 1. The van der Waals surface area contributed by atoms with Crippen molar-refractivity contribution in [1.29, 1.82) is 0 Å². The van der Waals surface area contributed by atoms with Crippen LogP contribution in [0.5, 0.6) is 0 Å². The highest BCUT2D eigenvalue weighted by Crippen LogP contribution is 2.20. The fourth-order valence-electron chi connectivity index (χ4n) is 1.69. The molecule has 2 aromatic rings. The van der Waals surface area contributed by atoms with Gasteiger partial charge in [0.1, 0.15) is 0 Å². The summed E-state index contributed by atoms with van der Waals surface area (Å²) in [5.74, 6) is -0.308. The van der Waals surface area contributed by atoms with Crippen LogP contribution < -0.4 is 5.32 Å². The van der Waals surface area contributed by atoms with Crippen molar-refractivity contribution >= 4 is 34.8 Å². The minimum Gasteiger partial charge on any atom is -0.326 e. The first kappa shape index (κ1) is 13.9. The van der Waals surface area contributed by atoms with Crippen LogP contribution in [0.4, 0.5) is 5.69 Å². The van der Waals surface area contributed by atoms with Crippen LogP contribution in [0.15, 0.2) is 48.5 Å². The number of hydrogen-bond donors (Lipinski definition) is 1. The average Bonchev–Trinajstić information content (AvgIpc) is 2.41. The van der Waals surface area contributed by atoms with E-state index in [1.54, 1.807) is 36.4 Å². The van der Waals surface area contributed by atoms with Crippen molar-refractivity contribution in [2.24, 2.45) is 0 Å². The molecule has 0 fully saturated rings. The van der Waals surface area contributed by atoms with Crippen molar-refractivity contribution in [1.82, 2.24) is 0 Å². The maximum Gasteiger partial charge on any atom is 0.231 e. The van der Waals surface area contributed by atoms with E-state index in [1.807, 2.05) is 19.1 Å². The first-order chi connectivity index (χ1) is 9.06. The number of benzene rings is 2. The zero-order valence-electron chi connectivity index (χ0n) is 10.4. The van der Waals surface area contributed by atoms with Crippen LogP contribution in [0.2, 0.25) is 10.0 Å². The van der Waals surface area contributed by atoms with Gasteiger partial charge in [-0.15, -0.1) is 0 Å². The molecule has 0 bridgehead atoms. The van der Waals surface area contributed by atoms with Crippen molar-refractivity contribution < 1.29 is 4.79 Å². The first-order valence-electron chi connectivity index (χ1n) is 5.88. The third-order valence-electron chi connectivity index (χ3n) is 2.88. The molecule has 0 aromatic heterocycles. The van der Waals surface area contributed by atoms with Crippen LogP contribution >= 0.6 is 23.2 Å². The number of carbonyl (C=O) groups excluding carboxylic acids is 1. The van der Waals surface area contributed by atoms with E-state index in [0.29, 0.717) is 10.0 Å². The van der Waals surface area contributed by atoms with Crippen molar-refractivity contribution in [2.75, 3.05) is 5.32 Å². The molecule has 1 N–H and O–H groups in total. The van der Waals surface area contributed by atoms with Gasteiger partial charge in [0.25, 0.3) is 0 Å². The third-order valence-corrected chi connectivity index (χ3v) is 3.38. The van der Waals surface area contributed by atoms with Gasteiger partial charge in [-0.05, 0) is 48.9 Å². The van der Waals surface area contributed by atoms with Crippen molar-refractivity contribution in [3.63, 3.8) is 0 Å². The molecule has 0 spiro atoms. The highest BCUT2D eigenvalue weighted by Gasteiger charge is 2.15. The maximum absolute atomic E-state index is 12.1. The van der Waals surface area contributed by atoms with E-state index >= 15 is 0 Å². The van der Waals surface area contributed by atoms with E-state index in [-0.39, 0.29) is 11.8 Å². The number of nitrogens with one attached hydrogen (secondary N) is 1. The molecule has 19 heavy (non-hydrogen) atoms. The molecule has 1 atom stereocenters. The van der Waals surface area contributed by atoms with Crippen molar-refractivity contribution in [3.8, 4) is 0 Å². The molecule has 1 unspecified atom stereocenters. The second-order valence-electron chi connectivity index (χ2n) is 4.27. The lowest BCUT2D eigenvalue weighted by Crippen LogP contribution is -2.18. The molecule has 1 amide bonds. The molecule has 4 heteroatoms. The van der Waals surface area contributed by atoms with Crippen LogP contribution in [0.1, 0.15) is 18.4 Å². The maximum atomic E-state index is 12.1. The van der Waals surface area contributed by atoms with Gasteiger partial charge in [0.2, 0.25) is 5.91 Å². The quantitative estimate of drug-likeness (QED) is 0.870. The molecule has 2 aromatic carbocycles. The van der Waals surface area contributed by atoms with Crippen LogP contribution in [-0.4, -0.2) is 5.91 Å². The molecule has 0 heterocycles. The van der Waals surface area contributed by atoms with Crippen LogP contribution in [0.3, 0.4) is 0 Å². The summed E-state index contributed by atoms with van der Waals surface area (Å²) >= 11 is 11.6. The normalized spacial score (nSPS) is 11.9. The fraction of sp³-hybridized carbons (Fsp3) is 0.133. The Hall–Kier alpha value is -1.51. The number of rotatable bonds is 3. The fourth-order valence-corrected chi connectivity index (χ4v) is 1.94. The van der Waals surface area contributed by atoms with E-state index < -0.39 is 0 Å². The van der Waals surface area contributed by atoms with E-state index in [9.17, 15) is 4.79 Å². The Morgan fingerprint density at radius 3 is 1.95 bits per heavy atom. The van der Waals surface area contributed by atoms with E-state index in [1.165, 1.54) is 0 Å². The lowest BCUT2D eigenvalue weighted by molar-refractivity contribution is -0.117. The van der Waals surface area contributed by atoms with Gasteiger partial charge in [-0.3, -0.25) is 4.79 Å². The molecule has 0 radical (unpaired) electrons. The van der Waals surface area contributed by atoms with Gasteiger partial charge in [0.05, 0.1) is 5.92 Å². The monoisotopic (exact) mass is 293 g/mol. The summed E-state index contributed by atoms with van der Waals surface area (Å²) < 4.78 is 0. The highest BCUT2D eigenvalue weighted by atomic mass is 35.5. The summed E-state index contributed by atoms with van der Waals surface area (Å²) in [7, 11) is 0. The van der Waals surface area contributed by atoms with Gasteiger partial charge in [-0.2, -0.15) is 0 Å². The van der Waals surface area contributed by atoms with Gasteiger partial charge in [0.15, 0.2) is 0 Å². The summed E-state index contributed by atoms with van der Waals surface area (Å²) in [4.78, 5) is 12.1. The van der Waals surface area contributed by atoms with Crippen LogP contribution in [-0.2, 0) is 4.79 Å². The van der Waals surface area contributed by atoms with Crippen LogP contribution in [0, 0.1) is 0 Å². The van der Waals surface area contributed by atoms with Gasteiger partial charge < -0.3 is 5.32 Å². The standard InChI is InChI=1S/C15H13Cl2NO/c1-10(11-2-4-12(16)5-3-11)15(19)18-14-8-6-13(17)7-9-14/h2-10H,1H3,(H,18,19). The highest BCUT2D eigenvalue weighted by molar-refractivity contribution is 6.30. The second-order valence-corrected chi connectivity index (χ2v) is 5.14. The van der Waals surface area contributed by atoms with Crippen molar-refractivity contribution in [3.05, 3.63) is 64.1 Å². The topological polar surface area (TPSA) is 29.1 Å². The molecule has 98 valence electrons. The Kier molecular flexibility index (Phi) is 4.46. The minimum absolute atomic E-state index is 0.0651.